The van der Waals surface area contributed by atoms with E-state index in [1.807, 2.05) is 49.6 Å². The van der Waals surface area contributed by atoms with E-state index in [0.717, 1.165) is 29.2 Å². The molecule has 0 bridgehead atoms. The fraction of sp³-hybridized carbons (Fsp3) is 0.286. The average molecular weight is 469 g/mol. The van der Waals surface area contributed by atoms with Crippen molar-refractivity contribution in [3.8, 4) is 5.95 Å². The van der Waals surface area contributed by atoms with Crippen LogP contribution < -0.4 is 10.7 Å². The van der Waals surface area contributed by atoms with Crippen molar-refractivity contribution in [2.45, 2.75) is 45.0 Å². The molecule has 0 aliphatic rings. The van der Waals surface area contributed by atoms with Gasteiger partial charge in [0.25, 0.3) is 5.95 Å². The molecule has 0 fully saturated rings. The average Bonchev–Trinajstić information content (AvgIpc) is 3.46. The van der Waals surface area contributed by atoms with Crippen LogP contribution in [0.15, 0.2) is 40.9 Å². The van der Waals surface area contributed by atoms with E-state index >= 15 is 0 Å². The predicted octanol–water partition coefficient (Wildman–Crippen LogP) is 3.79. The van der Waals surface area contributed by atoms with Crippen LogP contribution in [0.4, 0.5) is 10.8 Å². The lowest BCUT2D eigenvalue weighted by atomic mass is 10.1. The van der Waals surface area contributed by atoms with Crippen molar-refractivity contribution in [2.75, 3.05) is 10.7 Å². The maximum atomic E-state index is 12.3. The molecule has 0 saturated heterocycles. The van der Waals surface area contributed by atoms with Crippen LogP contribution in [0.3, 0.4) is 0 Å². The summed E-state index contributed by atoms with van der Waals surface area (Å²) in [4.78, 5) is 18.6. The highest BCUT2D eigenvalue weighted by atomic mass is 32.2. The van der Waals surface area contributed by atoms with Crippen LogP contribution in [0.25, 0.3) is 5.95 Å². The summed E-state index contributed by atoms with van der Waals surface area (Å²) in [6.45, 7) is 7.50. The van der Waals surface area contributed by atoms with E-state index in [1.54, 1.807) is 16.5 Å². The number of amides is 1. The number of nitrogens with zero attached hydrogens (tertiary/aromatic N) is 7. The smallest absolute Gasteiger partial charge is 0.271 e. The van der Waals surface area contributed by atoms with Gasteiger partial charge in [0.05, 0.1) is 17.1 Å². The van der Waals surface area contributed by atoms with Crippen LogP contribution in [0.5, 0.6) is 0 Å². The van der Waals surface area contributed by atoms with E-state index in [1.165, 1.54) is 33.3 Å². The van der Waals surface area contributed by atoms with Gasteiger partial charge in [-0.2, -0.15) is 5.10 Å². The first kappa shape index (κ1) is 22.0. The molecule has 1 amide bonds. The number of thioether (sulfide) groups is 1. The zero-order chi connectivity index (χ0) is 22.8. The third-order valence-electron chi connectivity index (χ3n) is 4.84. The molecule has 3 heterocycles. The number of thiazole rings is 1. The number of nitrogens with two attached hydrogens (primary N) is 1. The predicted molar refractivity (Wildman–Crippen MR) is 127 cm³/mol. The van der Waals surface area contributed by atoms with Gasteiger partial charge in [-0.3, -0.25) is 9.69 Å². The summed E-state index contributed by atoms with van der Waals surface area (Å²) in [5.41, 5.74) is 4.67. The van der Waals surface area contributed by atoms with Gasteiger partial charge in [-0.1, -0.05) is 30.8 Å². The van der Waals surface area contributed by atoms with Crippen molar-refractivity contribution < 1.29 is 4.79 Å². The van der Waals surface area contributed by atoms with Crippen molar-refractivity contribution in [1.29, 1.82) is 0 Å². The summed E-state index contributed by atoms with van der Waals surface area (Å²) in [5, 5.41) is 15.9. The number of aryl methyl sites for hydroxylation is 3. The van der Waals surface area contributed by atoms with Crippen LogP contribution >= 0.6 is 23.1 Å². The second-order valence-corrected chi connectivity index (χ2v) is 9.06. The molecule has 11 heteroatoms. The number of anilines is 2. The molecule has 32 heavy (non-hydrogen) atoms. The van der Waals surface area contributed by atoms with Crippen molar-refractivity contribution in [3.63, 3.8) is 0 Å². The molecule has 0 aliphatic heterocycles. The molecule has 2 N–H and O–H groups in total. The zero-order valence-electron chi connectivity index (χ0n) is 18.3. The van der Waals surface area contributed by atoms with Crippen molar-refractivity contribution in [3.05, 3.63) is 58.4 Å². The van der Waals surface area contributed by atoms with E-state index in [2.05, 4.69) is 27.2 Å². The fourth-order valence-electron chi connectivity index (χ4n) is 3.26. The number of nitrogen functional groups attached to an aromatic ring is 1. The number of carbonyl (C=O) groups is 1. The van der Waals surface area contributed by atoms with E-state index in [-0.39, 0.29) is 5.91 Å². The van der Waals surface area contributed by atoms with E-state index in [9.17, 15) is 4.79 Å². The van der Waals surface area contributed by atoms with Crippen molar-refractivity contribution >= 4 is 39.8 Å². The van der Waals surface area contributed by atoms with E-state index < -0.39 is 0 Å². The Balaban J connectivity index is 1.49. The molecular formula is C21H24N8OS2. The Morgan fingerprint density at radius 3 is 2.59 bits per heavy atom. The zero-order valence-corrected chi connectivity index (χ0v) is 19.9. The first-order chi connectivity index (χ1) is 15.4. The quantitative estimate of drug-likeness (QED) is 0.325. The van der Waals surface area contributed by atoms with Gasteiger partial charge >= 0.3 is 0 Å². The molecule has 9 nitrogen and oxygen atoms in total. The van der Waals surface area contributed by atoms with Gasteiger partial charge in [-0.15, -0.1) is 21.5 Å². The number of benzene rings is 1. The summed E-state index contributed by atoms with van der Waals surface area (Å²) in [7, 11) is 0. The topological polar surface area (TPSA) is 108 Å². The highest BCUT2D eigenvalue weighted by Gasteiger charge is 2.19. The Hall–Kier alpha value is -3.18. The number of hydrogen-bond donors (Lipinski definition) is 1. The summed E-state index contributed by atoms with van der Waals surface area (Å²) >= 11 is 2.86. The van der Waals surface area contributed by atoms with Crippen molar-refractivity contribution in [2.24, 2.45) is 0 Å². The number of aromatic nitrogens is 6. The largest absolute Gasteiger partial charge is 0.334 e. The standard InChI is InChI=1S/C21H24N8OS2/c1-5-16-6-8-18(9-7-16)27(15(4)30)20-23-17(11-31-20)12-32-21-25-24-19(28(21)22)29-14(3)10-13(2)26-29/h6-11H,5,12,22H2,1-4H3. The van der Waals surface area contributed by atoms with Gasteiger partial charge in [0, 0.05) is 23.8 Å². The maximum absolute atomic E-state index is 12.3. The number of rotatable bonds is 7. The molecule has 0 aliphatic carbocycles. The van der Waals surface area contributed by atoms with Gasteiger partial charge in [0.1, 0.15) is 0 Å². The van der Waals surface area contributed by atoms with Gasteiger partial charge in [0.2, 0.25) is 11.1 Å². The third kappa shape index (κ3) is 4.39. The highest BCUT2D eigenvalue weighted by Crippen LogP contribution is 2.31. The lowest BCUT2D eigenvalue weighted by Crippen LogP contribution is -2.22. The molecule has 3 aromatic heterocycles. The van der Waals surface area contributed by atoms with E-state index in [0.29, 0.717) is 22.0 Å². The molecule has 0 spiro atoms. The van der Waals surface area contributed by atoms with Crippen LogP contribution in [0, 0.1) is 13.8 Å². The Kier molecular flexibility index (Phi) is 6.28. The summed E-state index contributed by atoms with van der Waals surface area (Å²) < 4.78 is 3.09. The molecule has 166 valence electrons. The van der Waals surface area contributed by atoms with Gasteiger partial charge in [-0.25, -0.2) is 14.3 Å². The Bertz CT molecular complexity index is 1240. The normalized spacial score (nSPS) is 11.1. The first-order valence-electron chi connectivity index (χ1n) is 10.1. The molecule has 0 atom stereocenters. The number of carbonyl (C=O) groups excluding carboxylic acids is 1. The van der Waals surface area contributed by atoms with Crippen molar-refractivity contribution in [1.82, 2.24) is 29.6 Å². The highest BCUT2D eigenvalue weighted by molar-refractivity contribution is 7.98. The lowest BCUT2D eigenvalue weighted by Gasteiger charge is -2.18. The van der Waals surface area contributed by atoms with E-state index in [4.69, 9.17) is 5.84 Å². The van der Waals surface area contributed by atoms with Gasteiger partial charge in [0.15, 0.2) is 5.13 Å². The Labute approximate surface area is 194 Å². The minimum Gasteiger partial charge on any atom is -0.334 e. The Morgan fingerprint density at radius 1 is 1.22 bits per heavy atom. The van der Waals surface area contributed by atoms with Crippen LogP contribution in [-0.4, -0.2) is 35.5 Å². The molecule has 0 saturated carbocycles. The summed E-state index contributed by atoms with van der Waals surface area (Å²) in [6, 6.07) is 9.92. The SMILES string of the molecule is CCc1ccc(N(C(C)=O)c2nc(CSc3nnc(-n4nc(C)cc4C)n3N)cs2)cc1. The molecule has 4 rings (SSSR count). The second-order valence-electron chi connectivity index (χ2n) is 7.28. The second kappa shape index (κ2) is 9.13. The third-order valence-corrected chi connectivity index (χ3v) is 6.69. The summed E-state index contributed by atoms with van der Waals surface area (Å²) in [5.74, 6) is 7.12. The van der Waals surface area contributed by atoms with Gasteiger partial charge in [-0.05, 0) is 44.0 Å². The number of hydrogen-bond acceptors (Lipinski definition) is 8. The van der Waals surface area contributed by atoms with Crippen LogP contribution in [-0.2, 0) is 17.0 Å². The van der Waals surface area contributed by atoms with Crippen LogP contribution in [0.2, 0.25) is 0 Å². The maximum Gasteiger partial charge on any atom is 0.271 e. The molecule has 4 aromatic rings. The monoisotopic (exact) mass is 468 g/mol. The first-order valence-corrected chi connectivity index (χ1v) is 11.9. The lowest BCUT2D eigenvalue weighted by molar-refractivity contribution is -0.115. The minimum atomic E-state index is -0.0842. The molecule has 0 unspecified atom stereocenters. The van der Waals surface area contributed by atoms with Crippen LogP contribution in [0.1, 0.15) is 36.5 Å². The fourth-order valence-corrected chi connectivity index (χ4v) is 4.99. The molecule has 1 aromatic carbocycles. The van der Waals surface area contributed by atoms with Gasteiger partial charge < -0.3 is 5.84 Å². The minimum absolute atomic E-state index is 0.0842. The Morgan fingerprint density at radius 2 is 1.97 bits per heavy atom. The molecular weight excluding hydrogens is 444 g/mol. The summed E-state index contributed by atoms with van der Waals surface area (Å²) in [6.07, 6.45) is 0.950. The molecule has 0 radical (unpaired) electrons.